The Hall–Kier alpha value is -1.09. The van der Waals surface area contributed by atoms with Gasteiger partial charge in [-0.05, 0) is 33.3 Å². The number of aryl methyl sites for hydroxylation is 1. The maximum Gasteiger partial charge on any atom is 0.145 e. The zero-order valence-corrected chi connectivity index (χ0v) is 10.1. The van der Waals surface area contributed by atoms with Gasteiger partial charge in [0.1, 0.15) is 17.1 Å². The molecule has 0 N–H and O–H groups in total. The fourth-order valence-electron chi connectivity index (χ4n) is 1.71. The molecule has 0 radical (unpaired) electrons. The van der Waals surface area contributed by atoms with E-state index in [0.29, 0.717) is 5.15 Å². The standard InChI is InChI=1S/C11H14ClN3/c1-7-5-15(11(2,3)4)10-8(7)9(12)13-6-14-10/h5-6H,1-4H3. The molecule has 80 valence electrons. The van der Waals surface area contributed by atoms with Crippen molar-refractivity contribution in [2.24, 2.45) is 0 Å². The number of nitrogens with zero attached hydrogens (tertiary/aromatic N) is 3. The van der Waals surface area contributed by atoms with Gasteiger partial charge in [0.05, 0.1) is 5.39 Å². The van der Waals surface area contributed by atoms with Gasteiger partial charge in [0.15, 0.2) is 0 Å². The maximum absolute atomic E-state index is 6.06. The third-order valence-electron chi connectivity index (χ3n) is 2.45. The SMILES string of the molecule is Cc1cn(C(C)(C)C)c2ncnc(Cl)c12. The van der Waals surface area contributed by atoms with Crippen LogP contribution in [0.15, 0.2) is 12.5 Å². The van der Waals surface area contributed by atoms with Gasteiger partial charge in [-0.25, -0.2) is 9.97 Å². The molecule has 2 aromatic rings. The van der Waals surface area contributed by atoms with Gasteiger partial charge in [0.25, 0.3) is 0 Å². The molecule has 0 saturated carbocycles. The van der Waals surface area contributed by atoms with Gasteiger partial charge in [-0.1, -0.05) is 11.6 Å². The van der Waals surface area contributed by atoms with E-state index in [1.807, 2.05) is 6.92 Å². The lowest BCUT2D eigenvalue weighted by atomic mass is 10.1. The van der Waals surface area contributed by atoms with E-state index in [-0.39, 0.29) is 5.54 Å². The Morgan fingerprint density at radius 2 is 1.93 bits per heavy atom. The van der Waals surface area contributed by atoms with E-state index in [1.165, 1.54) is 6.33 Å². The molecule has 0 spiro atoms. The molecule has 0 aromatic carbocycles. The Morgan fingerprint density at radius 1 is 1.27 bits per heavy atom. The van der Waals surface area contributed by atoms with Gasteiger partial charge in [-0.2, -0.15) is 0 Å². The van der Waals surface area contributed by atoms with Crippen molar-refractivity contribution >= 4 is 22.6 Å². The first kappa shape index (κ1) is 10.4. The number of fused-ring (bicyclic) bond motifs is 1. The van der Waals surface area contributed by atoms with Crippen molar-refractivity contribution in [1.29, 1.82) is 0 Å². The average molecular weight is 224 g/mol. The zero-order chi connectivity index (χ0) is 11.2. The van der Waals surface area contributed by atoms with Crippen LogP contribution in [0.4, 0.5) is 0 Å². The van der Waals surface area contributed by atoms with Crippen molar-refractivity contribution in [1.82, 2.24) is 14.5 Å². The predicted octanol–water partition coefficient (Wildman–Crippen LogP) is 3.15. The molecule has 0 atom stereocenters. The number of hydrogen-bond acceptors (Lipinski definition) is 2. The van der Waals surface area contributed by atoms with Gasteiger partial charge >= 0.3 is 0 Å². The number of rotatable bonds is 0. The summed E-state index contributed by atoms with van der Waals surface area (Å²) in [7, 11) is 0. The molecule has 15 heavy (non-hydrogen) atoms. The van der Waals surface area contributed by atoms with Crippen molar-refractivity contribution in [2.75, 3.05) is 0 Å². The van der Waals surface area contributed by atoms with Crippen LogP contribution in [0.5, 0.6) is 0 Å². The monoisotopic (exact) mass is 223 g/mol. The fraction of sp³-hybridized carbons (Fsp3) is 0.455. The zero-order valence-electron chi connectivity index (χ0n) is 9.37. The van der Waals surface area contributed by atoms with Crippen LogP contribution in [0.2, 0.25) is 5.15 Å². The molecule has 0 amide bonds. The van der Waals surface area contributed by atoms with E-state index in [4.69, 9.17) is 11.6 Å². The van der Waals surface area contributed by atoms with Gasteiger partial charge in [0.2, 0.25) is 0 Å². The van der Waals surface area contributed by atoms with Gasteiger partial charge in [-0.15, -0.1) is 0 Å². The van der Waals surface area contributed by atoms with Crippen LogP contribution in [0.25, 0.3) is 11.0 Å². The van der Waals surface area contributed by atoms with Gasteiger partial charge in [-0.3, -0.25) is 0 Å². The predicted molar refractivity (Wildman–Crippen MR) is 62.3 cm³/mol. The Balaban J connectivity index is 2.85. The second kappa shape index (κ2) is 3.20. The maximum atomic E-state index is 6.06. The van der Waals surface area contributed by atoms with Crippen LogP contribution in [0.3, 0.4) is 0 Å². The van der Waals surface area contributed by atoms with E-state index in [1.54, 1.807) is 0 Å². The summed E-state index contributed by atoms with van der Waals surface area (Å²) < 4.78 is 2.13. The highest BCUT2D eigenvalue weighted by atomic mass is 35.5. The second-order valence-corrected chi connectivity index (χ2v) is 5.07. The van der Waals surface area contributed by atoms with Crippen molar-refractivity contribution in [3.63, 3.8) is 0 Å². The first-order valence-corrected chi connectivity index (χ1v) is 5.27. The molecular weight excluding hydrogens is 210 g/mol. The Morgan fingerprint density at radius 3 is 2.53 bits per heavy atom. The van der Waals surface area contributed by atoms with Crippen molar-refractivity contribution < 1.29 is 0 Å². The van der Waals surface area contributed by atoms with Crippen LogP contribution in [-0.2, 0) is 5.54 Å². The molecule has 3 nitrogen and oxygen atoms in total. The molecular formula is C11H14ClN3. The van der Waals surface area contributed by atoms with Crippen LogP contribution >= 0.6 is 11.6 Å². The third kappa shape index (κ3) is 1.61. The van der Waals surface area contributed by atoms with Crippen LogP contribution in [0, 0.1) is 6.92 Å². The topological polar surface area (TPSA) is 30.7 Å². The summed E-state index contributed by atoms with van der Waals surface area (Å²) in [5.41, 5.74) is 2.02. The lowest BCUT2D eigenvalue weighted by Gasteiger charge is -2.21. The van der Waals surface area contributed by atoms with Crippen molar-refractivity contribution in [3.8, 4) is 0 Å². The molecule has 0 fully saturated rings. The van der Waals surface area contributed by atoms with E-state index < -0.39 is 0 Å². The van der Waals surface area contributed by atoms with E-state index >= 15 is 0 Å². The summed E-state index contributed by atoms with van der Waals surface area (Å²) in [5, 5.41) is 1.48. The highest BCUT2D eigenvalue weighted by Crippen LogP contribution is 2.28. The van der Waals surface area contributed by atoms with E-state index in [9.17, 15) is 0 Å². The third-order valence-corrected chi connectivity index (χ3v) is 2.74. The highest BCUT2D eigenvalue weighted by molar-refractivity contribution is 6.34. The molecule has 0 saturated heterocycles. The Kier molecular flexibility index (Phi) is 2.23. The molecule has 2 rings (SSSR count). The van der Waals surface area contributed by atoms with E-state index in [0.717, 1.165) is 16.6 Å². The average Bonchev–Trinajstić information content (AvgIpc) is 2.44. The lowest BCUT2D eigenvalue weighted by molar-refractivity contribution is 0.408. The summed E-state index contributed by atoms with van der Waals surface area (Å²) in [6.07, 6.45) is 3.58. The normalized spacial score (nSPS) is 12.3. The van der Waals surface area contributed by atoms with Gasteiger partial charge < -0.3 is 4.57 Å². The molecule has 4 heteroatoms. The Bertz CT molecular complexity index is 508. The quantitative estimate of drug-likeness (QED) is 0.643. The van der Waals surface area contributed by atoms with Crippen LogP contribution in [-0.4, -0.2) is 14.5 Å². The summed E-state index contributed by atoms with van der Waals surface area (Å²) in [5.74, 6) is 0. The largest absolute Gasteiger partial charge is 0.327 e. The van der Waals surface area contributed by atoms with E-state index in [2.05, 4.69) is 41.5 Å². The van der Waals surface area contributed by atoms with Crippen molar-refractivity contribution in [3.05, 3.63) is 23.2 Å². The minimum absolute atomic E-state index is 0.00416. The summed E-state index contributed by atoms with van der Waals surface area (Å²) >= 11 is 6.06. The first-order valence-electron chi connectivity index (χ1n) is 4.90. The molecule has 0 aliphatic heterocycles. The number of hydrogen-bond donors (Lipinski definition) is 0. The molecule has 0 unspecified atom stereocenters. The summed E-state index contributed by atoms with van der Waals surface area (Å²) in [6.45, 7) is 8.45. The first-order chi connectivity index (χ1) is 6.91. The van der Waals surface area contributed by atoms with Crippen LogP contribution < -0.4 is 0 Å². The highest BCUT2D eigenvalue weighted by Gasteiger charge is 2.19. The Labute approximate surface area is 94.1 Å². The minimum atomic E-state index is 0.00416. The van der Waals surface area contributed by atoms with Gasteiger partial charge in [0, 0.05) is 11.7 Å². The molecule has 2 heterocycles. The van der Waals surface area contributed by atoms with Crippen LogP contribution in [0.1, 0.15) is 26.3 Å². The number of halogens is 1. The summed E-state index contributed by atoms with van der Waals surface area (Å²) in [6, 6.07) is 0. The number of aromatic nitrogens is 3. The molecule has 2 aromatic heterocycles. The second-order valence-electron chi connectivity index (χ2n) is 4.72. The molecule has 0 bridgehead atoms. The summed E-state index contributed by atoms with van der Waals surface area (Å²) in [4.78, 5) is 8.30. The minimum Gasteiger partial charge on any atom is -0.327 e. The fourth-order valence-corrected chi connectivity index (χ4v) is 1.99. The smallest absolute Gasteiger partial charge is 0.145 e. The molecule has 0 aliphatic carbocycles. The van der Waals surface area contributed by atoms with Crippen molar-refractivity contribution in [2.45, 2.75) is 33.2 Å². The molecule has 0 aliphatic rings. The lowest BCUT2D eigenvalue weighted by Crippen LogP contribution is -2.20.